The first kappa shape index (κ1) is 11.0. The zero-order valence-electron chi connectivity index (χ0n) is 8.38. The number of rotatable bonds is 3. The van der Waals surface area contributed by atoms with Crippen LogP contribution in [-0.2, 0) is 5.75 Å². The van der Waals surface area contributed by atoms with Crippen molar-refractivity contribution in [2.45, 2.75) is 9.96 Å². The SMILES string of the molecule is N#Cc1cccc(CSc2cnc(N)s2)c1. The molecule has 2 aromatic rings. The van der Waals surface area contributed by atoms with Gasteiger partial charge in [0, 0.05) is 5.75 Å². The number of nitrogens with two attached hydrogens (primary N) is 1. The highest BCUT2D eigenvalue weighted by Crippen LogP contribution is 2.29. The van der Waals surface area contributed by atoms with E-state index < -0.39 is 0 Å². The molecule has 0 radical (unpaired) electrons. The number of aromatic nitrogens is 1. The molecule has 0 atom stereocenters. The second-order valence-corrected chi connectivity index (χ2v) is 5.46. The molecule has 5 heteroatoms. The number of anilines is 1. The molecule has 0 amide bonds. The molecule has 0 saturated heterocycles. The van der Waals surface area contributed by atoms with Gasteiger partial charge in [-0.15, -0.1) is 11.8 Å². The number of thiazole rings is 1. The van der Waals surface area contributed by atoms with Crippen LogP contribution in [0.2, 0.25) is 0 Å². The fraction of sp³-hybridized carbons (Fsp3) is 0.0909. The molecule has 0 saturated carbocycles. The predicted octanol–water partition coefficient (Wildman–Crippen LogP) is 2.89. The Bertz CT molecular complexity index is 528. The van der Waals surface area contributed by atoms with Crippen molar-refractivity contribution < 1.29 is 0 Å². The summed E-state index contributed by atoms with van der Waals surface area (Å²) in [6.45, 7) is 0. The number of nitrogens with zero attached hydrogens (tertiary/aromatic N) is 2. The van der Waals surface area contributed by atoms with Gasteiger partial charge in [-0.2, -0.15) is 5.26 Å². The van der Waals surface area contributed by atoms with E-state index in [0.29, 0.717) is 10.7 Å². The number of nitriles is 1. The van der Waals surface area contributed by atoms with Gasteiger partial charge >= 0.3 is 0 Å². The van der Waals surface area contributed by atoms with Crippen LogP contribution in [0.15, 0.2) is 34.7 Å². The highest BCUT2D eigenvalue weighted by molar-refractivity contribution is 8.00. The van der Waals surface area contributed by atoms with Gasteiger partial charge in [-0.1, -0.05) is 23.5 Å². The van der Waals surface area contributed by atoms with E-state index in [1.807, 2.05) is 18.2 Å². The van der Waals surface area contributed by atoms with Gasteiger partial charge in [0.05, 0.1) is 22.0 Å². The van der Waals surface area contributed by atoms with Gasteiger partial charge in [0.25, 0.3) is 0 Å². The minimum atomic E-state index is 0.591. The lowest BCUT2D eigenvalue weighted by Gasteiger charge is -1.99. The molecular formula is C11H9N3S2. The molecule has 0 aliphatic carbocycles. The Morgan fingerprint density at radius 2 is 2.38 bits per heavy atom. The summed E-state index contributed by atoms with van der Waals surface area (Å²) < 4.78 is 1.10. The highest BCUT2D eigenvalue weighted by Gasteiger charge is 2.01. The summed E-state index contributed by atoms with van der Waals surface area (Å²) in [6, 6.07) is 9.75. The zero-order valence-corrected chi connectivity index (χ0v) is 10.0. The Hall–Kier alpha value is -1.51. The van der Waals surface area contributed by atoms with Crippen LogP contribution in [0, 0.1) is 11.3 Å². The summed E-state index contributed by atoms with van der Waals surface area (Å²) in [5, 5.41) is 9.36. The third-order valence-corrected chi connectivity index (χ3v) is 4.03. The van der Waals surface area contributed by atoms with Crippen LogP contribution in [-0.4, -0.2) is 4.98 Å². The standard InChI is InChI=1S/C11H9N3S2/c12-5-8-2-1-3-9(4-8)7-15-10-6-14-11(13)16-10/h1-4,6H,7H2,(H2,13,14). The van der Waals surface area contributed by atoms with Crippen LogP contribution in [0.1, 0.15) is 11.1 Å². The third-order valence-electron chi connectivity index (χ3n) is 1.94. The van der Waals surface area contributed by atoms with E-state index in [2.05, 4.69) is 11.1 Å². The summed E-state index contributed by atoms with van der Waals surface area (Å²) in [7, 11) is 0. The Labute approximate surface area is 102 Å². The lowest BCUT2D eigenvalue weighted by molar-refractivity contribution is 1.36. The molecule has 2 rings (SSSR count). The lowest BCUT2D eigenvalue weighted by atomic mass is 10.2. The summed E-state index contributed by atoms with van der Waals surface area (Å²) in [5.41, 5.74) is 7.38. The minimum Gasteiger partial charge on any atom is -0.375 e. The summed E-state index contributed by atoms with van der Waals surface area (Å²) in [6.07, 6.45) is 1.78. The number of hydrogen-bond acceptors (Lipinski definition) is 5. The van der Waals surface area contributed by atoms with E-state index >= 15 is 0 Å². The van der Waals surface area contributed by atoms with Gasteiger partial charge in [-0.25, -0.2) is 4.98 Å². The largest absolute Gasteiger partial charge is 0.375 e. The van der Waals surface area contributed by atoms with E-state index in [4.69, 9.17) is 11.0 Å². The number of benzene rings is 1. The molecule has 2 N–H and O–H groups in total. The Balaban J connectivity index is 2.02. The summed E-state index contributed by atoms with van der Waals surface area (Å²) in [4.78, 5) is 3.99. The molecule has 0 aliphatic rings. The molecule has 0 fully saturated rings. The van der Waals surface area contributed by atoms with Crippen molar-refractivity contribution in [3.8, 4) is 6.07 Å². The highest BCUT2D eigenvalue weighted by atomic mass is 32.2. The molecule has 0 bridgehead atoms. The van der Waals surface area contributed by atoms with E-state index in [0.717, 1.165) is 15.5 Å². The van der Waals surface area contributed by atoms with Crippen molar-refractivity contribution in [2.75, 3.05) is 5.73 Å². The monoisotopic (exact) mass is 247 g/mol. The Morgan fingerprint density at radius 3 is 3.06 bits per heavy atom. The first-order valence-electron chi connectivity index (χ1n) is 4.61. The number of hydrogen-bond donors (Lipinski definition) is 1. The van der Waals surface area contributed by atoms with Crippen molar-refractivity contribution in [1.82, 2.24) is 4.98 Å². The predicted molar refractivity (Wildman–Crippen MR) is 67.2 cm³/mol. The first-order chi connectivity index (χ1) is 7.78. The van der Waals surface area contributed by atoms with E-state index in [1.165, 1.54) is 11.3 Å². The van der Waals surface area contributed by atoms with Crippen LogP contribution < -0.4 is 5.73 Å². The van der Waals surface area contributed by atoms with Crippen LogP contribution >= 0.6 is 23.1 Å². The van der Waals surface area contributed by atoms with Crippen molar-refractivity contribution >= 4 is 28.2 Å². The summed E-state index contributed by atoms with van der Waals surface area (Å²) >= 11 is 3.16. The topological polar surface area (TPSA) is 62.7 Å². The maximum atomic E-state index is 8.77. The van der Waals surface area contributed by atoms with Crippen molar-refractivity contribution in [1.29, 1.82) is 5.26 Å². The molecule has 0 aliphatic heterocycles. The normalized spacial score (nSPS) is 9.94. The van der Waals surface area contributed by atoms with Gasteiger partial charge in [-0.3, -0.25) is 0 Å². The van der Waals surface area contributed by atoms with Crippen LogP contribution in [0.5, 0.6) is 0 Å². The average Bonchev–Trinajstić information content (AvgIpc) is 2.73. The van der Waals surface area contributed by atoms with Gasteiger partial charge < -0.3 is 5.73 Å². The number of nitrogen functional groups attached to an aromatic ring is 1. The smallest absolute Gasteiger partial charge is 0.181 e. The number of thioether (sulfide) groups is 1. The molecule has 16 heavy (non-hydrogen) atoms. The lowest BCUT2D eigenvalue weighted by Crippen LogP contribution is -1.81. The fourth-order valence-electron chi connectivity index (χ4n) is 1.22. The van der Waals surface area contributed by atoms with Crippen molar-refractivity contribution in [3.63, 3.8) is 0 Å². The van der Waals surface area contributed by atoms with Crippen LogP contribution in [0.4, 0.5) is 5.13 Å². The minimum absolute atomic E-state index is 0.591. The quantitative estimate of drug-likeness (QED) is 0.847. The van der Waals surface area contributed by atoms with E-state index in [1.54, 1.807) is 24.0 Å². The van der Waals surface area contributed by atoms with Gasteiger partial charge in [0.15, 0.2) is 5.13 Å². The van der Waals surface area contributed by atoms with Gasteiger partial charge in [-0.05, 0) is 17.7 Å². The van der Waals surface area contributed by atoms with Gasteiger partial charge in [0.2, 0.25) is 0 Å². The molecule has 1 heterocycles. The summed E-state index contributed by atoms with van der Waals surface area (Å²) in [5.74, 6) is 0.831. The molecule has 80 valence electrons. The molecular weight excluding hydrogens is 238 g/mol. The van der Waals surface area contributed by atoms with E-state index in [9.17, 15) is 0 Å². The maximum Gasteiger partial charge on any atom is 0.181 e. The second kappa shape index (κ2) is 5.01. The molecule has 0 spiro atoms. The van der Waals surface area contributed by atoms with E-state index in [-0.39, 0.29) is 0 Å². The maximum absolute atomic E-state index is 8.77. The Morgan fingerprint density at radius 1 is 1.50 bits per heavy atom. The van der Waals surface area contributed by atoms with Crippen LogP contribution in [0.3, 0.4) is 0 Å². The average molecular weight is 247 g/mol. The molecule has 3 nitrogen and oxygen atoms in total. The molecule has 1 aromatic carbocycles. The fourth-order valence-corrected chi connectivity index (χ4v) is 2.93. The second-order valence-electron chi connectivity index (χ2n) is 3.12. The van der Waals surface area contributed by atoms with Crippen LogP contribution in [0.25, 0.3) is 0 Å². The molecule has 1 aromatic heterocycles. The Kier molecular flexibility index (Phi) is 3.44. The zero-order chi connectivity index (χ0) is 11.4. The molecule has 0 unspecified atom stereocenters. The van der Waals surface area contributed by atoms with Gasteiger partial charge in [0.1, 0.15) is 0 Å². The van der Waals surface area contributed by atoms with Crippen molar-refractivity contribution in [3.05, 3.63) is 41.6 Å². The first-order valence-corrected chi connectivity index (χ1v) is 6.41. The third kappa shape index (κ3) is 2.75. The van der Waals surface area contributed by atoms with Crippen molar-refractivity contribution in [2.24, 2.45) is 0 Å².